The van der Waals surface area contributed by atoms with Crippen molar-refractivity contribution in [2.45, 2.75) is 76.8 Å². The van der Waals surface area contributed by atoms with E-state index in [2.05, 4.69) is 19.2 Å². The van der Waals surface area contributed by atoms with Crippen molar-refractivity contribution in [3.63, 3.8) is 0 Å². The molecule has 4 heteroatoms. The summed E-state index contributed by atoms with van der Waals surface area (Å²) in [7, 11) is 0. The topological polar surface area (TPSA) is 49.4 Å². The van der Waals surface area contributed by atoms with E-state index >= 15 is 0 Å². The maximum absolute atomic E-state index is 12.9. The lowest BCUT2D eigenvalue weighted by molar-refractivity contribution is -0.153. The van der Waals surface area contributed by atoms with Crippen molar-refractivity contribution in [3.8, 4) is 0 Å². The lowest BCUT2D eigenvalue weighted by Gasteiger charge is -2.47. The molecule has 1 aliphatic heterocycles. The summed E-state index contributed by atoms with van der Waals surface area (Å²) in [6, 6.07) is 0.259. The molecule has 112 valence electrons. The van der Waals surface area contributed by atoms with Crippen LogP contribution in [0.1, 0.15) is 65.2 Å². The van der Waals surface area contributed by atoms with Gasteiger partial charge in [-0.3, -0.25) is 9.59 Å². The molecule has 20 heavy (non-hydrogen) atoms. The number of nitrogens with zero attached hydrogens (tertiary/aromatic N) is 1. The Morgan fingerprint density at radius 1 is 1.10 bits per heavy atom. The first-order chi connectivity index (χ1) is 9.42. The molecule has 3 rings (SSSR count). The maximum atomic E-state index is 12.9. The van der Waals surface area contributed by atoms with Crippen LogP contribution in [-0.4, -0.2) is 34.8 Å². The maximum Gasteiger partial charge on any atom is 0.249 e. The van der Waals surface area contributed by atoms with Crippen molar-refractivity contribution in [3.05, 3.63) is 0 Å². The van der Waals surface area contributed by atoms with Crippen molar-refractivity contribution in [2.75, 3.05) is 6.54 Å². The summed E-state index contributed by atoms with van der Waals surface area (Å²) in [5.41, 5.74) is -0.267. The quantitative estimate of drug-likeness (QED) is 0.799. The Bertz CT molecular complexity index is 424. The Kier molecular flexibility index (Phi) is 3.30. The molecular weight excluding hydrogens is 252 g/mol. The number of nitrogens with one attached hydrogen (secondary N) is 1. The van der Waals surface area contributed by atoms with Crippen LogP contribution in [0.3, 0.4) is 0 Å². The van der Waals surface area contributed by atoms with Gasteiger partial charge < -0.3 is 10.2 Å². The molecule has 0 aromatic rings. The summed E-state index contributed by atoms with van der Waals surface area (Å²) >= 11 is 0. The first kappa shape index (κ1) is 13.9. The molecule has 4 nitrogen and oxygen atoms in total. The highest BCUT2D eigenvalue weighted by atomic mass is 16.2. The van der Waals surface area contributed by atoms with E-state index in [0.717, 1.165) is 44.9 Å². The number of hydrogen-bond acceptors (Lipinski definition) is 2. The number of rotatable bonds is 1. The first-order valence-electron chi connectivity index (χ1n) is 8.04. The fourth-order valence-electron chi connectivity index (χ4n) is 4.40. The van der Waals surface area contributed by atoms with Gasteiger partial charge in [0.25, 0.3) is 0 Å². The Balaban J connectivity index is 1.81. The third-order valence-electron chi connectivity index (χ3n) is 5.44. The molecule has 1 N–H and O–H groups in total. The van der Waals surface area contributed by atoms with Gasteiger partial charge in [-0.1, -0.05) is 33.1 Å². The fraction of sp³-hybridized carbons (Fsp3) is 0.875. The van der Waals surface area contributed by atoms with Crippen LogP contribution in [0.4, 0.5) is 0 Å². The molecule has 0 aromatic carbocycles. The highest BCUT2D eigenvalue weighted by Gasteiger charge is 2.50. The minimum absolute atomic E-state index is 0.0369. The molecule has 2 aliphatic carbocycles. The average Bonchev–Trinajstić information content (AvgIpc) is 2.82. The fourth-order valence-corrected chi connectivity index (χ4v) is 4.40. The highest BCUT2D eigenvalue weighted by Crippen LogP contribution is 2.40. The molecule has 2 saturated carbocycles. The standard InChI is InChI=1S/C16H26N2O2/c1-15(2)7-5-6-12(10-15)18-11-13(19)17-16(14(18)20)8-3-4-9-16/h12H,3-11H2,1-2H3,(H,17,19). The normalized spacial score (nSPS) is 32.5. The van der Waals surface area contributed by atoms with Gasteiger partial charge in [-0.15, -0.1) is 0 Å². The SMILES string of the molecule is CC1(C)CCCC(N2CC(=O)NC3(CCCC3)C2=O)C1. The Labute approximate surface area is 121 Å². The third-order valence-corrected chi connectivity index (χ3v) is 5.44. The summed E-state index contributed by atoms with van der Waals surface area (Å²) in [5, 5.41) is 3.00. The van der Waals surface area contributed by atoms with Crippen molar-refractivity contribution in [2.24, 2.45) is 5.41 Å². The highest BCUT2D eigenvalue weighted by molar-refractivity contribution is 5.98. The average molecular weight is 278 g/mol. The zero-order valence-corrected chi connectivity index (χ0v) is 12.7. The number of hydrogen-bond donors (Lipinski definition) is 1. The van der Waals surface area contributed by atoms with Gasteiger partial charge in [0, 0.05) is 6.04 Å². The monoisotopic (exact) mass is 278 g/mol. The smallest absolute Gasteiger partial charge is 0.249 e. The van der Waals surface area contributed by atoms with Crippen molar-refractivity contribution >= 4 is 11.8 Å². The molecule has 2 amide bonds. The van der Waals surface area contributed by atoms with E-state index in [1.807, 2.05) is 4.90 Å². The van der Waals surface area contributed by atoms with Crippen LogP contribution in [0.25, 0.3) is 0 Å². The summed E-state index contributed by atoms with van der Waals surface area (Å²) < 4.78 is 0. The van der Waals surface area contributed by atoms with Crippen LogP contribution in [0.15, 0.2) is 0 Å². The third kappa shape index (κ3) is 2.33. The van der Waals surface area contributed by atoms with Gasteiger partial charge in [0.1, 0.15) is 5.54 Å². The van der Waals surface area contributed by atoms with Crippen LogP contribution >= 0.6 is 0 Å². The molecule has 0 radical (unpaired) electrons. The lowest BCUT2D eigenvalue weighted by Crippen LogP contribution is -2.67. The Morgan fingerprint density at radius 3 is 2.45 bits per heavy atom. The molecule has 0 aromatic heterocycles. The lowest BCUT2D eigenvalue weighted by atomic mass is 9.74. The van der Waals surface area contributed by atoms with Crippen LogP contribution in [0, 0.1) is 5.41 Å². The van der Waals surface area contributed by atoms with Crippen molar-refractivity contribution in [1.29, 1.82) is 0 Å². The van der Waals surface area contributed by atoms with Gasteiger partial charge in [-0.2, -0.15) is 0 Å². The Morgan fingerprint density at radius 2 is 1.80 bits per heavy atom. The van der Waals surface area contributed by atoms with E-state index in [0.29, 0.717) is 5.41 Å². The predicted octanol–water partition coefficient (Wildman–Crippen LogP) is 2.23. The number of amides is 2. The summed E-state index contributed by atoms with van der Waals surface area (Å²) in [4.78, 5) is 26.9. The number of piperazine rings is 1. The molecule has 1 atom stereocenters. The molecule has 1 unspecified atom stereocenters. The molecule has 1 heterocycles. The molecule has 0 bridgehead atoms. The molecule has 3 aliphatic rings. The Hall–Kier alpha value is -1.06. The van der Waals surface area contributed by atoms with Gasteiger partial charge in [0.05, 0.1) is 6.54 Å². The number of carbonyl (C=O) groups is 2. The van der Waals surface area contributed by atoms with Crippen LogP contribution in [0.5, 0.6) is 0 Å². The van der Waals surface area contributed by atoms with Crippen LogP contribution in [0.2, 0.25) is 0 Å². The van der Waals surface area contributed by atoms with E-state index in [1.165, 1.54) is 6.42 Å². The van der Waals surface area contributed by atoms with E-state index in [1.54, 1.807) is 0 Å². The van der Waals surface area contributed by atoms with Crippen molar-refractivity contribution in [1.82, 2.24) is 10.2 Å². The second kappa shape index (κ2) is 4.74. The van der Waals surface area contributed by atoms with Gasteiger partial charge in [-0.25, -0.2) is 0 Å². The van der Waals surface area contributed by atoms with E-state index in [-0.39, 0.29) is 24.4 Å². The molecule has 3 fully saturated rings. The van der Waals surface area contributed by atoms with E-state index < -0.39 is 5.54 Å². The molecule has 1 saturated heterocycles. The zero-order chi connectivity index (χ0) is 14.4. The second-order valence-corrected chi connectivity index (χ2v) is 7.68. The minimum atomic E-state index is -0.559. The first-order valence-corrected chi connectivity index (χ1v) is 8.04. The van der Waals surface area contributed by atoms with Gasteiger partial charge in [0.2, 0.25) is 11.8 Å². The summed E-state index contributed by atoms with van der Waals surface area (Å²) in [5.74, 6) is 0.229. The summed E-state index contributed by atoms with van der Waals surface area (Å²) in [6.45, 7) is 4.82. The molecule has 1 spiro atoms. The number of carbonyl (C=O) groups excluding carboxylic acids is 2. The van der Waals surface area contributed by atoms with Crippen LogP contribution < -0.4 is 5.32 Å². The largest absolute Gasteiger partial charge is 0.340 e. The predicted molar refractivity (Wildman–Crippen MR) is 77.1 cm³/mol. The van der Waals surface area contributed by atoms with Gasteiger partial charge >= 0.3 is 0 Å². The van der Waals surface area contributed by atoms with Crippen molar-refractivity contribution < 1.29 is 9.59 Å². The molecular formula is C16H26N2O2. The van der Waals surface area contributed by atoms with Gasteiger partial charge in [-0.05, 0) is 37.5 Å². The van der Waals surface area contributed by atoms with E-state index in [4.69, 9.17) is 0 Å². The van der Waals surface area contributed by atoms with Crippen LogP contribution in [-0.2, 0) is 9.59 Å². The second-order valence-electron chi connectivity index (χ2n) is 7.68. The minimum Gasteiger partial charge on any atom is -0.340 e. The zero-order valence-electron chi connectivity index (χ0n) is 12.7. The van der Waals surface area contributed by atoms with Gasteiger partial charge in [0.15, 0.2) is 0 Å². The van der Waals surface area contributed by atoms with E-state index in [9.17, 15) is 9.59 Å². The summed E-state index contributed by atoms with van der Waals surface area (Å²) in [6.07, 6.45) is 8.22.